The van der Waals surface area contributed by atoms with Gasteiger partial charge >= 0.3 is 0 Å². The number of carbonyl (C=O) groups excluding carboxylic acids is 1. The Morgan fingerprint density at radius 2 is 1.77 bits per heavy atom. The number of hydrogen-bond acceptors (Lipinski definition) is 7. The summed E-state index contributed by atoms with van der Waals surface area (Å²) in [6, 6.07) is 14.4. The third-order valence-electron chi connectivity index (χ3n) is 4.39. The zero-order chi connectivity index (χ0) is 22.1. The molecule has 4 aromatic rings. The molecule has 154 valence electrons. The summed E-state index contributed by atoms with van der Waals surface area (Å²) in [6.45, 7) is 0. The second-order valence-electron chi connectivity index (χ2n) is 6.35. The Hall–Kier alpha value is -4.31. The number of nitro benzene ring substituents is 2. The maximum atomic E-state index is 12.7. The fourth-order valence-electron chi connectivity index (χ4n) is 2.91. The fourth-order valence-corrected chi connectivity index (χ4v) is 3.10. The second kappa shape index (κ2) is 7.84. The Kier molecular flexibility index (Phi) is 5.05. The van der Waals surface area contributed by atoms with Crippen LogP contribution in [0.4, 0.5) is 17.1 Å². The van der Waals surface area contributed by atoms with Gasteiger partial charge in [0.05, 0.1) is 21.1 Å². The zero-order valence-corrected chi connectivity index (χ0v) is 16.2. The van der Waals surface area contributed by atoms with Gasteiger partial charge in [-0.2, -0.15) is 0 Å². The highest BCUT2D eigenvalue weighted by atomic mass is 35.5. The number of anilines is 1. The third kappa shape index (κ3) is 3.91. The lowest BCUT2D eigenvalue weighted by atomic mass is 10.1. The van der Waals surface area contributed by atoms with Crippen molar-refractivity contribution in [1.82, 2.24) is 4.98 Å². The topological polar surface area (TPSA) is 141 Å². The molecule has 0 fully saturated rings. The summed E-state index contributed by atoms with van der Waals surface area (Å²) in [5, 5.41) is 24.6. The molecule has 0 spiro atoms. The SMILES string of the molecule is O=C(Nc1ccccc1-c1nc2cc([N+](=O)[O-])ccc2o1)c1ccc(Cl)c([N+](=O)[O-])c1. The molecule has 0 aliphatic carbocycles. The maximum Gasteiger partial charge on any atom is 0.288 e. The average Bonchev–Trinajstić information content (AvgIpc) is 3.17. The molecule has 11 heteroatoms. The number of nitro groups is 2. The van der Waals surface area contributed by atoms with E-state index >= 15 is 0 Å². The summed E-state index contributed by atoms with van der Waals surface area (Å²) >= 11 is 5.79. The van der Waals surface area contributed by atoms with Gasteiger partial charge in [-0.3, -0.25) is 25.0 Å². The zero-order valence-electron chi connectivity index (χ0n) is 15.4. The molecule has 1 amide bonds. The minimum absolute atomic E-state index is 0.0408. The highest BCUT2D eigenvalue weighted by Crippen LogP contribution is 2.32. The van der Waals surface area contributed by atoms with Gasteiger partial charge < -0.3 is 9.73 Å². The second-order valence-corrected chi connectivity index (χ2v) is 6.76. The van der Waals surface area contributed by atoms with E-state index < -0.39 is 15.8 Å². The van der Waals surface area contributed by atoms with Crippen LogP contribution in [0.15, 0.2) is 65.1 Å². The number of oxazole rings is 1. The van der Waals surface area contributed by atoms with Gasteiger partial charge in [0.25, 0.3) is 17.3 Å². The van der Waals surface area contributed by atoms with E-state index in [2.05, 4.69) is 10.3 Å². The van der Waals surface area contributed by atoms with Crippen molar-refractivity contribution in [2.75, 3.05) is 5.32 Å². The average molecular weight is 439 g/mol. The largest absolute Gasteiger partial charge is 0.436 e. The Morgan fingerprint density at radius 1 is 1.00 bits per heavy atom. The van der Waals surface area contributed by atoms with Gasteiger partial charge in [-0.05, 0) is 30.3 Å². The molecule has 0 atom stereocenters. The van der Waals surface area contributed by atoms with Crippen molar-refractivity contribution >= 4 is 45.7 Å². The molecule has 10 nitrogen and oxygen atoms in total. The molecular formula is C20H11ClN4O6. The summed E-state index contributed by atoms with van der Waals surface area (Å²) < 4.78 is 5.69. The number of rotatable bonds is 5. The predicted octanol–water partition coefficient (Wildman–Crippen LogP) is 5.22. The Labute approximate surface area is 178 Å². The molecule has 0 radical (unpaired) electrons. The van der Waals surface area contributed by atoms with Crippen LogP contribution in [0.1, 0.15) is 10.4 Å². The number of nitrogens with one attached hydrogen (secondary N) is 1. The Morgan fingerprint density at radius 3 is 2.52 bits per heavy atom. The van der Waals surface area contributed by atoms with Crippen molar-refractivity contribution in [2.45, 2.75) is 0 Å². The van der Waals surface area contributed by atoms with Crippen molar-refractivity contribution in [2.24, 2.45) is 0 Å². The number of hydrogen-bond donors (Lipinski definition) is 1. The van der Waals surface area contributed by atoms with E-state index in [-0.39, 0.29) is 27.9 Å². The molecule has 4 rings (SSSR count). The van der Waals surface area contributed by atoms with Gasteiger partial charge in [-0.1, -0.05) is 23.7 Å². The van der Waals surface area contributed by atoms with E-state index in [1.54, 1.807) is 24.3 Å². The normalized spacial score (nSPS) is 10.7. The third-order valence-corrected chi connectivity index (χ3v) is 4.71. The highest BCUT2D eigenvalue weighted by molar-refractivity contribution is 6.32. The van der Waals surface area contributed by atoms with Gasteiger partial charge in [-0.25, -0.2) is 4.98 Å². The minimum Gasteiger partial charge on any atom is -0.436 e. The number of benzene rings is 3. The quantitative estimate of drug-likeness (QED) is 0.332. The molecule has 31 heavy (non-hydrogen) atoms. The molecule has 1 heterocycles. The van der Waals surface area contributed by atoms with Crippen molar-refractivity contribution in [3.8, 4) is 11.5 Å². The molecule has 1 N–H and O–H groups in total. The van der Waals surface area contributed by atoms with Gasteiger partial charge in [0.2, 0.25) is 5.89 Å². The number of amides is 1. The standard InChI is InChI=1S/C20H11ClN4O6/c21-14-7-5-11(9-17(14)25(29)30)19(26)22-15-4-2-1-3-13(15)20-23-16-10-12(24(27)28)6-8-18(16)31-20/h1-10H,(H,22,26). The van der Waals surface area contributed by atoms with Crippen LogP contribution >= 0.6 is 11.6 Å². The van der Waals surface area contributed by atoms with E-state index in [4.69, 9.17) is 16.0 Å². The lowest BCUT2D eigenvalue weighted by Crippen LogP contribution is -2.13. The first kappa shape index (κ1) is 20.0. The summed E-state index contributed by atoms with van der Waals surface area (Å²) in [5.41, 5.74) is 0.929. The van der Waals surface area contributed by atoms with Gasteiger partial charge in [-0.15, -0.1) is 0 Å². The van der Waals surface area contributed by atoms with Crippen LogP contribution in [-0.4, -0.2) is 20.7 Å². The van der Waals surface area contributed by atoms with Crippen LogP contribution in [0.25, 0.3) is 22.6 Å². The summed E-state index contributed by atoms with van der Waals surface area (Å²) in [4.78, 5) is 37.8. The number of aromatic nitrogens is 1. The van der Waals surface area contributed by atoms with Crippen molar-refractivity contribution in [3.05, 3.63) is 91.5 Å². The number of carbonyl (C=O) groups is 1. The number of para-hydroxylation sites is 1. The van der Waals surface area contributed by atoms with Crippen LogP contribution in [0.3, 0.4) is 0 Å². The molecule has 0 aliphatic heterocycles. The van der Waals surface area contributed by atoms with Crippen LogP contribution in [0.5, 0.6) is 0 Å². The summed E-state index contributed by atoms with van der Waals surface area (Å²) in [7, 11) is 0. The number of halogens is 1. The summed E-state index contributed by atoms with van der Waals surface area (Å²) in [6.07, 6.45) is 0. The number of nitrogens with zero attached hydrogens (tertiary/aromatic N) is 3. The van der Waals surface area contributed by atoms with E-state index in [0.29, 0.717) is 22.4 Å². The van der Waals surface area contributed by atoms with Crippen LogP contribution in [0.2, 0.25) is 5.02 Å². The Bertz CT molecular complexity index is 1370. The first-order chi connectivity index (χ1) is 14.8. The molecular weight excluding hydrogens is 428 g/mol. The van der Waals surface area contributed by atoms with Crippen LogP contribution in [-0.2, 0) is 0 Å². The first-order valence-electron chi connectivity index (χ1n) is 8.73. The predicted molar refractivity (Wildman–Crippen MR) is 112 cm³/mol. The molecule has 1 aromatic heterocycles. The van der Waals surface area contributed by atoms with Crippen LogP contribution < -0.4 is 5.32 Å². The molecule has 0 saturated heterocycles. The highest BCUT2D eigenvalue weighted by Gasteiger charge is 2.19. The number of fused-ring (bicyclic) bond motifs is 1. The van der Waals surface area contributed by atoms with Crippen LogP contribution in [0, 0.1) is 20.2 Å². The van der Waals surface area contributed by atoms with Crippen molar-refractivity contribution < 1.29 is 19.1 Å². The molecule has 3 aromatic carbocycles. The lowest BCUT2D eigenvalue weighted by molar-refractivity contribution is -0.384. The lowest BCUT2D eigenvalue weighted by Gasteiger charge is -2.09. The molecule has 0 saturated carbocycles. The maximum absolute atomic E-state index is 12.7. The number of non-ortho nitro benzene ring substituents is 1. The fraction of sp³-hybridized carbons (Fsp3) is 0. The molecule has 0 bridgehead atoms. The minimum atomic E-state index is -0.676. The summed E-state index contributed by atoms with van der Waals surface area (Å²) in [5.74, 6) is -0.451. The van der Waals surface area contributed by atoms with E-state index in [9.17, 15) is 25.0 Å². The van der Waals surface area contributed by atoms with E-state index in [1.165, 1.54) is 30.3 Å². The van der Waals surface area contributed by atoms with Gasteiger partial charge in [0.15, 0.2) is 5.58 Å². The van der Waals surface area contributed by atoms with E-state index in [0.717, 1.165) is 6.07 Å². The van der Waals surface area contributed by atoms with Gasteiger partial charge in [0, 0.05) is 23.8 Å². The van der Waals surface area contributed by atoms with Crippen molar-refractivity contribution in [3.63, 3.8) is 0 Å². The smallest absolute Gasteiger partial charge is 0.288 e. The van der Waals surface area contributed by atoms with Crippen molar-refractivity contribution in [1.29, 1.82) is 0 Å². The van der Waals surface area contributed by atoms with E-state index in [1.807, 2.05) is 0 Å². The first-order valence-corrected chi connectivity index (χ1v) is 9.11. The molecule has 0 aliphatic rings. The monoisotopic (exact) mass is 438 g/mol. The Balaban J connectivity index is 1.69. The van der Waals surface area contributed by atoms with Gasteiger partial charge in [0.1, 0.15) is 10.5 Å². The molecule has 0 unspecified atom stereocenters.